The fourth-order valence-electron chi connectivity index (χ4n) is 4.44. The Morgan fingerprint density at radius 1 is 0.895 bits per heavy atom. The molecule has 1 N–H and O–H groups in total. The van der Waals surface area contributed by atoms with Gasteiger partial charge in [-0.3, -0.25) is 9.38 Å². The third-order valence-electron chi connectivity index (χ3n) is 6.26. The Bertz CT molecular complexity index is 1880. The molecule has 3 heterocycles. The average Bonchev–Trinajstić information content (AvgIpc) is 3.29. The lowest BCUT2D eigenvalue weighted by atomic mass is 10.1. The number of benzene rings is 3. The third kappa shape index (κ3) is 4.57. The number of pyridine rings is 2. The van der Waals surface area contributed by atoms with E-state index in [9.17, 15) is 8.42 Å². The molecule has 8 heteroatoms. The second-order valence-corrected chi connectivity index (χ2v) is 10.5. The van der Waals surface area contributed by atoms with Crippen LogP contribution < -0.4 is 9.50 Å². The topological polar surface area (TPSA) is 85.6 Å². The maximum atomic E-state index is 13.3. The molecular weight excluding hydrogens is 496 g/mol. The highest BCUT2D eigenvalue weighted by Crippen LogP contribution is 2.33. The summed E-state index contributed by atoms with van der Waals surface area (Å²) in [6.07, 6.45) is 3.55. The standard InChI is InChI=1S/C30H24N4O3S/c1-21-15-17-34-27(18-21)33-29(30(34)32-20-22-8-3-2-4-9-22)24-11-5-13-25(19-24)37-38(35,36)26-14-6-10-23-12-7-16-31-28(23)26/h2-19,32H,20H2,1H3. The zero-order valence-corrected chi connectivity index (χ0v) is 21.4. The minimum Gasteiger partial charge on any atom is -0.379 e. The molecule has 188 valence electrons. The zero-order chi connectivity index (χ0) is 26.1. The molecule has 0 atom stereocenters. The molecule has 0 unspecified atom stereocenters. The smallest absolute Gasteiger partial charge is 0.341 e. The van der Waals surface area contributed by atoms with Crippen molar-refractivity contribution in [3.05, 3.63) is 121 Å². The minimum atomic E-state index is -4.13. The molecule has 0 fully saturated rings. The molecule has 0 saturated heterocycles. The molecule has 7 nitrogen and oxygen atoms in total. The van der Waals surface area contributed by atoms with Gasteiger partial charge in [0.1, 0.15) is 27.8 Å². The number of para-hydroxylation sites is 1. The van der Waals surface area contributed by atoms with Crippen LogP contribution in [0.1, 0.15) is 11.1 Å². The summed E-state index contributed by atoms with van der Waals surface area (Å²) in [5.41, 5.74) is 4.81. The Morgan fingerprint density at radius 3 is 2.58 bits per heavy atom. The van der Waals surface area contributed by atoms with Gasteiger partial charge in [0, 0.05) is 29.9 Å². The molecule has 3 aromatic heterocycles. The number of aromatic nitrogens is 3. The van der Waals surface area contributed by atoms with Crippen molar-refractivity contribution in [1.29, 1.82) is 0 Å². The highest BCUT2D eigenvalue weighted by Gasteiger charge is 2.22. The average molecular weight is 521 g/mol. The van der Waals surface area contributed by atoms with Crippen molar-refractivity contribution >= 4 is 32.5 Å². The first-order valence-electron chi connectivity index (χ1n) is 12.1. The van der Waals surface area contributed by atoms with Gasteiger partial charge in [-0.1, -0.05) is 60.7 Å². The summed E-state index contributed by atoms with van der Waals surface area (Å²) in [6, 6.07) is 29.7. The molecule has 6 aromatic rings. The second kappa shape index (κ2) is 9.64. The molecule has 38 heavy (non-hydrogen) atoms. The Morgan fingerprint density at radius 2 is 1.71 bits per heavy atom. The van der Waals surface area contributed by atoms with Crippen LogP contribution in [0.15, 0.2) is 114 Å². The van der Waals surface area contributed by atoms with Crippen LogP contribution in [0.2, 0.25) is 0 Å². The van der Waals surface area contributed by atoms with Gasteiger partial charge in [0.15, 0.2) is 0 Å². The molecule has 0 saturated carbocycles. The van der Waals surface area contributed by atoms with Crippen molar-refractivity contribution in [1.82, 2.24) is 14.4 Å². The van der Waals surface area contributed by atoms with E-state index in [0.717, 1.165) is 33.5 Å². The number of rotatable bonds is 7. The molecule has 6 rings (SSSR count). The number of nitrogens with one attached hydrogen (secondary N) is 1. The monoisotopic (exact) mass is 520 g/mol. The highest BCUT2D eigenvalue weighted by molar-refractivity contribution is 7.87. The quantitative estimate of drug-likeness (QED) is 0.251. The Hall–Kier alpha value is -4.69. The number of fused-ring (bicyclic) bond motifs is 2. The number of nitrogens with zero attached hydrogens (tertiary/aromatic N) is 3. The number of imidazole rings is 1. The first-order chi connectivity index (χ1) is 18.5. The van der Waals surface area contributed by atoms with Crippen molar-refractivity contribution in [2.24, 2.45) is 0 Å². The van der Waals surface area contributed by atoms with Crippen LogP contribution >= 0.6 is 0 Å². The Labute approximate surface area is 220 Å². The van der Waals surface area contributed by atoms with Crippen LogP contribution in [-0.4, -0.2) is 22.8 Å². The number of hydrogen-bond donors (Lipinski definition) is 1. The van der Waals surface area contributed by atoms with E-state index < -0.39 is 10.1 Å². The van der Waals surface area contributed by atoms with Gasteiger partial charge >= 0.3 is 10.1 Å². The SMILES string of the molecule is Cc1ccn2c(NCc3ccccc3)c(-c3cccc(OS(=O)(=O)c4cccc5cccnc45)c3)nc2c1. The molecule has 0 bridgehead atoms. The van der Waals surface area contributed by atoms with Gasteiger partial charge in [0.05, 0.1) is 5.52 Å². The summed E-state index contributed by atoms with van der Waals surface area (Å²) in [5, 5.41) is 4.24. The summed E-state index contributed by atoms with van der Waals surface area (Å²) >= 11 is 0. The maximum absolute atomic E-state index is 13.3. The van der Waals surface area contributed by atoms with E-state index in [-0.39, 0.29) is 10.6 Å². The van der Waals surface area contributed by atoms with Gasteiger partial charge < -0.3 is 9.50 Å². The van der Waals surface area contributed by atoms with Gasteiger partial charge in [0.25, 0.3) is 0 Å². The molecule has 0 radical (unpaired) electrons. The number of anilines is 1. The molecule has 0 spiro atoms. The largest absolute Gasteiger partial charge is 0.379 e. The van der Waals surface area contributed by atoms with Crippen molar-refractivity contribution in [2.45, 2.75) is 18.4 Å². The first-order valence-corrected chi connectivity index (χ1v) is 13.5. The van der Waals surface area contributed by atoms with Crippen LogP contribution in [0.25, 0.3) is 27.8 Å². The highest BCUT2D eigenvalue weighted by atomic mass is 32.2. The van der Waals surface area contributed by atoms with Crippen LogP contribution in [0.5, 0.6) is 5.75 Å². The lowest BCUT2D eigenvalue weighted by Crippen LogP contribution is -2.10. The van der Waals surface area contributed by atoms with Crippen LogP contribution in [0.3, 0.4) is 0 Å². The van der Waals surface area contributed by atoms with Gasteiger partial charge in [-0.25, -0.2) is 4.98 Å². The molecule has 0 aliphatic carbocycles. The number of hydrogen-bond acceptors (Lipinski definition) is 6. The Balaban J connectivity index is 1.38. The van der Waals surface area contributed by atoms with Crippen LogP contribution in [0.4, 0.5) is 5.82 Å². The zero-order valence-electron chi connectivity index (χ0n) is 20.6. The summed E-state index contributed by atoms with van der Waals surface area (Å²) in [4.78, 5) is 9.16. The van der Waals surface area contributed by atoms with Gasteiger partial charge in [-0.15, -0.1) is 0 Å². The van der Waals surface area contributed by atoms with E-state index in [4.69, 9.17) is 9.17 Å². The van der Waals surface area contributed by atoms with E-state index in [1.54, 1.807) is 36.5 Å². The van der Waals surface area contributed by atoms with E-state index in [0.29, 0.717) is 17.8 Å². The van der Waals surface area contributed by atoms with E-state index >= 15 is 0 Å². The van der Waals surface area contributed by atoms with Crippen molar-refractivity contribution < 1.29 is 12.6 Å². The molecule has 3 aromatic carbocycles. The lowest BCUT2D eigenvalue weighted by Gasteiger charge is -2.11. The lowest BCUT2D eigenvalue weighted by molar-refractivity contribution is 0.487. The molecular formula is C30H24N4O3S. The van der Waals surface area contributed by atoms with E-state index in [2.05, 4.69) is 22.4 Å². The van der Waals surface area contributed by atoms with Crippen LogP contribution in [0, 0.1) is 6.92 Å². The van der Waals surface area contributed by atoms with Gasteiger partial charge in [0.2, 0.25) is 0 Å². The van der Waals surface area contributed by atoms with E-state index in [1.165, 1.54) is 6.07 Å². The van der Waals surface area contributed by atoms with Gasteiger partial charge in [-0.2, -0.15) is 8.42 Å². The molecule has 0 aliphatic heterocycles. The normalized spacial score (nSPS) is 11.6. The predicted octanol–water partition coefficient (Wildman–Crippen LogP) is 6.24. The molecule has 0 amide bonds. The van der Waals surface area contributed by atoms with E-state index in [1.807, 2.05) is 66.1 Å². The van der Waals surface area contributed by atoms with Crippen molar-refractivity contribution in [2.75, 3.05) is 5.32 Å². The fourth-order valence-corrected chi connectivity index (χ4v) is 5.54. The van der Waals surface area contributed by atoms with Crippen molar-refractivity contribution in [3.63, 3.8) is 0 Å². The number of aryl methyl sites for hydroxylation is 1. The fraction of sp³-hybridized carbons (Fsp3) is 0.0667. The molecule has 0 aliphatic rings. The second-order valence-electron chi connectivity index (χ2n) is 8.98. The first kappa shape index (κ1) is 23.7. The van der Waals surface area contributed by atoms with Crippen molar-refractivity contribution in [3.8, 4) is 17.0 Å². The Kier molecular flexibility index (Phi) is 6.01. The summed E-state index contributed by atoms with van der Waals surface area (Å²) < 4.78 is 34.1. The predicted molar refractivity (Wildman–Crippen MR) is 149 cm³/mol. The summed E-state index contributed by atoms with van der Waals surface area (Å²) in [6.45, 7) is 2.63. The summed E-state index contributed by atoms with van der Waals surface area (Å²) in [5.74, 6) is 1.000. The van der Waals surface area contributed by atoms with Crippen LogP contribution in [-0.2, 0) is 16.7 Å². The van der Waals surface area contributed by atoms with Gasteiger partial charge in [-0.05, 0) is 54.4 Å². The third-order valence-corrected chi connectivity index (χ3v) is 7.54. The maximum Gasteiger partial charge on any atom is 0.341 e. The summed E-state index contributed by atoms with van der Waals surface area (Å²) in [7, 11) is -4.13. The minimum absolute atomic E-state index is 0.0226.